The molecule has 1 N–H and O–H groups in total. The second-order valence-corrected chi connectivity index (χ2v) is 4.23. The number of rotatable bonds is 4. The van der Waals surface area contributed by atoms with Crippen molar-refractivity contribution in [1.82, 2.24) is 9.88 Å². The van der Waals surface area contributed by atoms with E-state index in [0.717, 1.165) is 10.9 Å². The van der Waals surface area contributed by atoms with E-state index in [1.807, 2.05) is 41.9 Å². The third-order valence-corrected chi connectivity index (χ3v) is 3.03. The first-order chi connectivity index (χ1) is 9.13. The molecule has 0 saturated heterocycles. The van der Waals surface area contributed by atoms with Crippen LogP contribution in [-0.2, 0) is 16.6 Å². The maximum atomic E-state index is 12.0. The largest absolute Gasteiger partial charge is 0.469 e. The minimum absolute atomic E-state index is 0.173. The molecular formula is C14H16N2O3. The molecule has 0 saturated carbocycles. The zero-order valence-corrected chi connectivity index (χ0v) is 11.0. The van der Waals surface area contributed by atoms with Crippen molar-refractivity contribution in [3.63, 3.8) is 0 Å². The summed E-state index contributed by atoms with van der Waals surface area (Å²) in [6, 6.07) is 9.62. The number of methoxy groups -OCH3 is 1. The lowest BCUT2D eigenvalue weighted by Gasteiger charge is -2.05. The van der Waals surface area contributed by atoms with E-state index < -0.39 is 0 Å². The van der Waals surface area contributed by atoms with Crippen LogP contribution < -0.4 is 5.32 Å². The van der Waals surface area contributed by atoms with Crippen molar-refractivity contribution < 1.29 is 14.3 Å². The summed E-state index contributed by atoms with van der Waals surface area (Å²) in [6.45, 7) is 0.271. The third-order valence-electron chi connectivity index (χ3n) is 3.03. The van der Waals surface area contributed by atoms with Gasteiger partial charge in [0.05, 0.1) is 13.5 Å². The van der Waals surface area contributed by atoms with Crippen LogP contribution in [0.3, 0.4) is 0 Å². The number of nitrogens with one attached hydrogen (secondary N) is 1. The Hall–Kier alpha value is -2.30. The zero-order valence-electron chi connectivity index (χ0n) is 11.0. The number of aryl methyl sites for hydroxylation is 1. The van der Waals surface area contributed by atoms with Crippen LogP contribution in [0.2, 0.25) is 0 Å². The fraction of sp³-hybridized carbons (Fsp3) is 0.286. The molecule has 2 rings (SSSR count). The third kappa shape index (κ3) is 2.76. The van der Waals surface area contributed by atoms with Gasteiger partial charge in [-0.1, -0.05) is 18.2 Å². The normalized spacial score (nSPS) is 10.4. The van der Waals surface area contributed by atoms with Gasteiger partial charge in [0, 0.05) is 24.5 Å². The van der Waals surface area contributed by atoms with Crippen LogP contribution in [0.5, 0.6) is 0 Å². The van der Waals surface area contributed by atoms with Gasteiger partial charge in [-0.25, -0.2) is 0 Å². The van der Waals surface area contributed by atoms with Gasteiger partial charge >= 0.3 is 5.97 Å². The molecule has 1 aromatic carbocycles. The molecule has 1 amide bonds. The molecule has 5 nitrogen and oxygen atoms in total. The summed E-state index contributed by atoms with van der Waals surface area (Å²) in [5, 5.41) is 3.72. The second kappa shape index (κ2) is 5.56. The summed E-state index contributed by atoms with van der Waals surface area (Å²) >= 11 is 0. The van der Waals surface area contributed by atoms with E-state index in [9.17, 15) is 9.59 Å². The Morgan fingerprint density at radius 2 is 2.05 bits per heavy atom. The Kier molecular flexibility index (Phi) is 3.85. The molecule has 19 heavy (non-hydrogen) atoms. The predicted molar refractivity (Wildman–Crippen MR) is 71.9 cm³/mol. The number of hydrogen-bond donors (Lipinski definition) is 1. The van der Waals surface area contributed by atoms with Gasteiger partial charge in [-0.05, 0) is 12.1 Å². The topological polar surface area (TPSA) is 60.3 Å². The molecule has 0 atom stereocenters. The Bertz CT molecular complexity index is 616. The maximum absolute atomic E-state index is 12.0. The van der Waals surface area contributed by atoms with E-state index in [1.165, 1.54) is 7.11 Å². The molecule has 0 aliphatic carbocycles. The highest BCUT2D eigenvalue weighted by Crippen LogP contribution is 2.17. The van der Waals surface area contributed by atoms with Crippen molar-refractivity contribution in [3.8, 4) is 0 Å². The number of para-hydroxylation sites is 1. The molecule has 2 aromatic rings. The number of carbonyl (C=O) groups excluding carboxylic acids is 2. The Balaban J connectivity index is 2.09. The number of hydrogen-bond acceptors (Lipinski definition) is 3. The average Bonchev–Trinajstić information content (AvgIpc) is 2.76. The van der Waals surface area contributed by atoms with Crippen molar-refractivity contribution >= 4 is 22.8 Å². The van der Waals surface area contributed by atoms with E-state index >= 15 is 0 Å². The Labute approximate surface area is 111 Å². The average molecular weight is 260 g/mol. The summed E-state index contributed by atoms with van der Waals surface area (Å²) < 4.78 is 6.35. The highest BCUT2D eigenvalue weighted by atomic mass is 16.5. The van der Waals surface area contributed by atoms with Gasteiger partial charge < -0.3 is 14.6 Å². The molecule has 0 spiro atoms. The highest BCUT2D eigenvalue weighted by molar-refractivity contribution is 5.98. The molecule has 100 valence electrons. The molecule has 1 aromatic heterocycles. The number of ether oxygens (including phenoxy) is 1. The lowest BCUT2D eigenvalue weighted by molar-refractivity contribution is -0.140. The van der Waals surface area contributed by atoms with E-state index in [0.29, 0.717) is 5.69 Å². The minimum Gasteiger partial charge on any atom is -0.469 e. The van der Waals surface area contributed by atoms with E-state index in [-0.39, 0.29) is 24.8 Å². The zero-order chi connectivity index (χ0) is 13.8. The van der Waals surface area contributed by atoms with Crippen LogP contribution in [0.25, 0.3) is 10.9 Å². The quantitative estimate of drug-likeness (QED) is 0.847. The number of aromatic nitrogens is 1. The molecule has 0 bridgehead atoms. The molecule has 0 aliphatic rings. The van der Waals surface area contributed by atoms with Gasteiger partial charge in [-0.2, -0.15) is 0 Å². The van der Waals surface area contributed by atoms with Crippen molar-refractivity contribution in [2.75, 3.05) is 13.7 Å². The fourth-order valence-electron chi connectivity index (χ4n) is 1.98. The van der Waals surface area contributed by atoms with Crippen LogP contribution in [0.4, 0.5) is 0 Å². The van der Waals surface area contributed by atoms with Crippen molar-refractivity contribution in [2.45, 2.75) is 6.42 Å². The lowest BCUT2D eigenvalue weighted by atomic mass is 10.2. The first-order valence-corrected chi connectivity index (χ1v) is 6.03. The summed E-state index contributed by atoms with van der Waals surface area (Å²) in [5.74, 6) is -0.528. The summed E-state index contributed by atoms with van der Waals surface area (Å²) in [4.78, 5) is 23.0. The van der Waals surface area contributed by atoms with Gasteiger partial charge in [0.2, 0.25) is 0 Å². The van der Waals surface area contributed by atoms with E-state index in [2.05, 4.69) is 10.1 Å². The Morgan fingerprint density at radius 3 is 2.74 bits per heavy atom. The Morgan fingerprint density at radius 1 is 1.32 bits per heavy atom. The highest BCUT2D eigenvalue weighted by Gasteiger charge is 2.12. The molecule has 0 unspecified atom stereocenters. The van der Waals surface area contributed by atoms with E-state index in [4.69, 9.17) is 0 Å². The van der Waals surface area contributed by atoms with Crippen LogP contribution in [0.15, 0.2) is 30.3 Å². The van der Waals surface area contributed by atoms with Crippen molar-refractivity contribution in [1.29, 1.82) is 0 Å². The van der Waals surface area contributed by atoms with Gasteiger partial charge in [0.15, 0.2) is 0 Å². The minimum atomic E-state index is -0.336. The first kappa shape index (κ1) is 13.1. The smallest absolute Gasteiger partial charge is 0.307 e. The molecule has 5 heteroatoms. The summed E-state index contributed by atoms with van der Waals surface area (Å²) in [6.07, 6.45) is 0.173. The van der Waals surface area contributed by atoms with Crippen LogP contribution in [-0.4, -0.2) is 30.1 Å². The second-order valence-electron chi connectivity index (χ2n) is 4.23. The summed E-state index contributed by atoms with van der Waals surface area (Å²) in [7, 11) is 3.17. The SMILES string of the molecule is COC(=O)CCNC(=O)c1cc2ccccc2n1C. The summed E-state index contributed by atoms with van der Waals surface area (Å²) in [5.41, 5.74) is 1.58. The molecule has 0 aliphatic heterocycles. The lowest BCUT2D eigenvalue weighted by Crippen LogP contribution is -2.27. The monoisotopic (exact) mass is 260 g/mol. The predicted octanol–water partition coefficient (Wildman–Crippen LogP) is 1.47. The van der Waals surface area contributed by atoms with Crippen LogP contribution in [0, 0.1) is 0 Å². The van der Waals surface area contributed by atoms with Gasteiger partial charge in [-0.3, -0.25) is 9.59 Å². The number of benzene rings is 1. The van der Waals surface area contributed by atoms with Gasteiger partial charge in [0.25, 0.3) is 5.91 Å². The number of nitrogens with zero attached hydrogens (tertiary/aromatic N) is 1. The van der Waals surface area contributed by atoms with Crippen molar-refractivity contribution in [2.24, 2.45) is 7.05 Å². The van der Waals surface area contributed by atoms with Crippen molar-refractivity contribution in [3.05, 3.63) is 36.0 Å². The number of fused-ring (bicyclic) bond motifs is 1. The number of amides is 1. The van der Waals surface area contributed by atoms with Gasteiger partial charge in [0.1, 0.15) is 5.69 Å². The maximum Gasteiger partial charge on any atom is 0.307 e. The fourth-order valence-corrected chi connectivity index (χ4v) is 1.98. The van der Waals surface area contributed by atoms with Gasteiger partial charge in [-0.15, -0.1) is 0 Å². The van der Waals surface area contributed by atoms with Crippen LogP contribution >= 0.6 is 0 Å². The standard InChI is InChI=1S/C14H16N2O3/c1-16-11-6-4-3-5-10(11)9-12(16)14(18)15-8-7-13(17)19-2/h3-6,9H,7-8H2,1-2H3,(H,15,18). The van der Waals surface area contributed by atoms with E-state index in [1.54, 1.807) is 0 Å². The molecule has 1 heterocycles. The number of carbonyl (C=O) groups is 2. The molecular weight excluding hydrogens is 244 g/mol. The first-order valence-electron chi connectivity index (χ1n) is 6.03. The number of esters is 1. The molecule has 0 radical (unpaired) electrons. The van der Waals surface area contributed by atoms with Crippen LogP contribution in [0.1, 0.15) is 16.9 Å². The molecule has 0 fully saturated rings.